The van der Waals surface area contributed by atoms with Gasteiger partial charge in [0, 0.05) is 25.2 Å². The van der Waals surface area contributed by atoms with Crippen molar-refractivity contribution in [3.63, 3.8) is 0 Å². The number of hydrogen-bond acceptors (Lipinski definition) is 6. The lowest BCUT2D eigenvalue weighted by Crippen LogP contribution is -2.33. The number of nitrogens with two attached hydrogens (primary N) is 1. The van der Waals surface area contributed by atoms with Gasteiger partial charge in [-0.1, -0.05) is 17.3 Å². The number of alkyl carbamates (subject to hydrolysis) is 1. The second-order valence-corrected chi connectivity index (χ2v) is 8.56. The van der Waals surface area contributed by atoms with Crippen LogP contribution >= 0.6 is 0 Å². The van der Waals surface area contributed by atoms with Crippen molar-refractivity contribution in [1.29, 1.82) is 0 Å². The molecule has 3 N–H and O–H groups in total. The number of benzene rings is 1. The van der Waals surface area contributed by atoms with E-state index in [1.807, 2.05) is 52.2 Å². The number of unbranched alkanes of at least 4 members (excludes halogenated alkanes) is 1. The Hall–Kier alpha value is -3.10. The zero-order valence-electron chi connectivity index (χ0n) is 18.3. The highest BCUT2D eigenvalue weighted by Crippen LogP contribution is 2.32. The van der Waals surface area contributed by atoms with Crippen molar-refractivity contribution >= 4 is 23.1 Å². The summed E-state index contributed by atoms with van der Waals surface area (Å²) in [4.78, 5) is 16.3. The molecule has 0 aliphatic rings. The van der Waals surface area contributed by atoms with Gasteiger partial charge in [-0.15, -0.1) is 5.10 Å². The van der Waals surface area contributed by atoms with Gasteiger partial charge in [-0.05, 0) is 53.0 Å². The molecule has 0 bridgehead atoms. The van der Waals surface area contributed by atoms with E-state index in [9.17, 15) is 4.79 Å². The van der Waals surface area contributed by atoms with Gasteiger partial charge < -0.3 is 20.4 Å². The molecule has 3 rings (SSSR count). The van der Waals surface area contributed by atoms with Crippen LogP contribution in [0.4, 0.5) is 10.7 Å². The predicted molar refractivity (Wildman–Crippen MR) is 117 cm³/mol. The van der Waals surface area contributed by atoms with Crippen LogP contribution in [0, 0.1) is 0 Å². The van der Waals surface area contributed by atoms with Gasteiger partial charge in [0.05, 0.1) is 17.2 Å². The first-order valence-corrected chi connectivity index (χ1v) is 10.3. The maximum Gasteiger partial charge on any atom is 0.407 e. The van der Waals surface area contributed by atoms with Crippen molar-refractivity contribution in [2.24, 2.45) is 7.05 Å². The average Bonchev–Trinajstić information content (AvgIpc) is 3.21. The number of anilines is 1. The van der Waals surface area contributed by atoms with E-state index in [4.69, 9.17) is 10.5 Å². The van der Waals surface area contributed by atoms with Gasteiger partial charge in [0.15, 0.2) is 0 Å². The molecule has 1 amide bonds. The SMILES string of the molecule is CC(CCCCNC(=O)OC(C)(C)C)n1c(N)nc2cccc(-c3cn(C)nn3)c21. The number of carbonyl (C=O) groups excluding carboxylic acids is 1. The summed E-state index contributed by atoms with van der Waals surface area (Å²) in [6, 6.07) is 6.08. The Morgan fingerprint density at radius 3 is 2.73 bits per heavy atom. The second-order valence-electron chi connectivity index (χ2n) is 8.56. The Bertz CT molecular complexity index is 1020. The zero-order chi connectivity index (χ0) is 21.9. The number of fused-ring (bicyclic) bond motifs is 1. The summed E-state index contributed by atoms with van der Waals surface area (Å²) in [5, 5.41) is 11.1. The molecule has 30 heavy (non-hydrogen) atoms. The Morgan fingerprint density at radius 1 is 1.30 bits per heavy atom. The van der Waals surface area contributed by atoms with Crippen molar-refractivity contribution in [3.8, 4) is 11.3 Å². The van der Waals surface area contributed by atoms with Crippen LogP contribution in [0.3, 0.4) is 0 Å². The highest BCUT2D eigenvalue weighted by Gasteiger charge is 2.19. The first kappa shape index (κ1) is 21.6. The molecule has 0 aliphatic carbocycles. The number of nitrogens with one attached hydrogen (secondary N) is 1. The number of para-hydroxylation sites is 1. The van der Waals surface area contributed by atoms with Crippen LogP contribution in [0.1, 0.15) is 53.0 Å². The third-order valence-electron chi connectivity index (χ3n) is 4.77. The molecule has 9 nitrogen and oxygen atoms in total. The summed E-state index contributed by atoms with van der Waals surface area (Å²) in [5.41, 5.74) is 9.35. The molecule has 3 aromatic rings. The van der Waals surface area contributed by atoms with Gasteiger partial charge in [0.1, 0.15) is 11.3 Å². The third-order valence-corrected chi connectivity index (χ3v) is 4.77. The molecule has 0 fully saturated rings. The van der Waals surface area contributed by atoms with Crippen LogP contribution in [-0.2, 0) is 11.8 Å². The number of amides is 1. The van der Waals surface area contributed by atoms with Crippen LogP contribution in [-0.4, -0.2) is 42.8 Å². The van der Waals surface area contributed by atoms with Crippen molar-refractivity contribution < 1.29 is 9.53 Å². The summed E-state index contributed by atoms with van der Waals surface area (Å²) >= 11 is 0. The van der Waals surface area contributed by atoms with E-state index in [0.29, 0.717) is 12.5 Å². The molecule has 1 atom stereocenters. The standard InChI is InChI=1S/C21H31N7O2/c1-14(9-6-7-12-23-20(29)30-21(2,3)4)28-18-15(17-13-27(5)26-25-17)10-8-11-16(18)24-19(28)22/h8,10-11,13-14H,6-7,9,12H2,1-5H3,(H2,22,24)(H,23,29). The topological polar surface area (TPSA) is 113 Å². The molecule has 2 aromatic heterocycles. The fourth-order valence-corrected chi connectivity index (χ4v) is 3.49. The minimum absolute atomic E-state index is 0.148. The largest absolute Gasteiger partial charge is 0.444 e. The van der Waals surface area contributed by atoms with Gasteiger partial charge in [-0.2, -0.15) is 0 Å². The quantitative estimate of drug-likeness (QED) is 0.572. The Morgan fingerprint density at radius 2 is 2.07 bits per heavy atom. The van der Waals surface area contributed by atoms with E-state index in [1.165, 1.54) is 0 Å². The van der Waals surface area contributed by atoms with Crippen molar-refractivity contribution in [3.05, 3.63) is 24.4 Å². The fraction of sp³-hybridized carbons (Fsp3) is 0.524. The van der Waals surface area contributed by atoms with Crippen molar-refractivity contribution in [1.82, 2.24) is 29.9 Å². The van der Waals surface area contributed by atoms with Crippen LogP contribution in [0.15, 0.2) is 24.4 Å². The lowest BCUT2D eigenvalue weighted by atomic mass is 10.1. The van der Waals surface area contributed by atoms with Crippen LogP contribution in [0.2, 0.25) is 0 Å². The van der Waals surface area contributed by atoms with E-state index in [-0.39, 0.29) is 12.1 Å². The van der Waals surface area contributed by atoms with Gasteiger partial charge in [-0.25, -0.2) is 9.78 Å². The highest BCUT2D eigenvalue weighted by molar-refractivity contribution is 5.92. The van der Waals surface area contributed by atoms with Gasteiger partial charge >= 0.3 is 6.09 Å². The molecule has 1 aromatic carbocycles. The predicted octanol–water partition coefficient (Wildman–Crippen LogP) is 3.67. The number of nitrogens with zero attached hydrogens (tertiary/aromatic N) is 5. The highest BCUT2D eigenvalue weighted by atomic mass is 16.6. The second kappa shape index (κ2) is 8.73. The number of aryl methyl sites for hydroxylation is 1. The first-order chi connectivity index (χ1) is 14.2. The monoisotopic (exact) mass is 413 g/mol. The van der Waals surface area contributed by atoms with E-state index in [1.54, 1.807) is 4.68 Å². The number of rotatable bonds is 7. The summed E-state index contributed by atoms with van der Waals surface area (Å²) in [6.07, 6.45) is 4.20. The number of imidazole rings is 1. The molecule has 1 unspecified atom stereocenters. The van der Waals surface area contributed by atoms with Gasteiger partial charge in [0.25, 0.3) is 0 Å². The van der Waals surface area contributed by atoms with E-state index in [0.717, 1.165) is 41.6 Å². The van der Waals surface area contributed by atoms with Crippen LogP contribution < -0.4 is 11.1 Å². The third kappa shape index (κ3) is 5.08. The lowest BCUT2D eigenvalue weighted by Gasteiger charge is -2.20. The van der Waals surface area contributed by atoms with Crippen LogP contribution in [0.5, 0.6) is 0 Å². The zero-order valence-corrected chi connectivity index (χ0v) is 18.3. The fourth-order valence-electron chi connectivity index (χ4n) is 3.49. The Labute approximate surface area is 176 Å². The Balaban J connectivity index is 1.66. The molecule has 9 heteroatoms. The molecule has 0 radical (unpaired) electrons. The molecule has 2 heterocycles. The summed E-state index contributed by atoms with van der Waals surface area (Å²) in [7, 11) is 1.84. The molecule has 0 saturated heterocycles. The minimum Gasteiger partial charge on any atom is -0.444 e. The van der Waals surface area contributed by atoms with Crippen molar-refractivity contribution in [2.45, 2.75) is 58.6 Å². The number of aromatic nitrogens is 5. The number of ether oxygens (including phenoxy) is 1. The average molecular weight is 414 g/mol. The molecular formula is C21H31N7O2. The number of carbonyl (C=O) groups is 1. The molecule has 0 saturated carbocycles. The maximum atomic E-state index is 11.7. The number of nitrogen functional groups attached to an aromatic ring is 1. The molecular weight excluding hydrogens is 382 g/mol. The van der Waals surface area contributed by atoms with E-state index in [2.05, 4.69) is 32.1 Å². The summed E-state index contributed by atoms with van der Waals surface area (Å²) in [6.45, 7) is 8.26. The molecule has 162 valence electrons. The lowest BCUT2D eigenvalue weighted by molar-refractivity contribution is 0.0527. The van der Waals surface area contributed by atoms with Crippen molar-refractivity contribution in [2.75, 3.05) is 12.3 Å². The molecule has 0 aliphatic heterocycles. The Kier molecular flexibility index (Phi) is 6.28. The molecule has 0 spiro atoms. The number of hydrogen-bond donors (Lipinski definition) is 2. The first-order valence-electron chi connectivity index (χ1n) is 10.3. The van der Waals surface area contributed by atoms with Gasteiger partial charge in [0.2, 0.25) is 5.95 Å². The normalized spacial score (nSPS) is 12.8. The summed E-state index contributed by atoms with van der Waals surface area (Å²) in [5.74, 6) is 0.487. The van der Waals surface area contributed by atoms with Crippen LogP contribution in [0.25, 0.3) is 22.3 Å². The minimum atomic E-state index is -0.487. The van der Waals surface area contributed by atoms with E-state index < -0.39 is 5.60 Å². The maximum absolute atomic E-state index is 11.7. The van der Waals surface area contributed by atoms with Gasteiger partial charge in [-0.3, -0.25) is 4.68 Å². The summed E-state index contributed by atoms with van der Waals surface area (Å²) < 4.78 is 9.00. The van der Waals surface area contributed by atoms with E-state index >= 15 is 0 Å². The smallest absolute Gasteiger partial charge is 0.407 e.